The van der Waals surface area contributed by atoms with Gasteiger partial charge in [-0.3, -0.25) is 4.79 Å². The van der Waals surface area contributed by atoms with Crippen LogP contribution < -0.4 is 5.56 Å². The maximum absolute atomic E-state index is 10.5. The van der Waals surface area contributed by atoms with Crippen LogP contribution in [0.5, 0.6) is 0 Å². The van der Waals surface area contributed by atoms with Crippen LogP contribution in [0.4, 0.5) is 5.82 Å². The summed E-state index contributed by atoms with van der Waals surface area (Å²) < 4.78 is 0. The molecule has 6 heteroatoms. The summed E-state index contributed by atoms with van der Waals surface area (Å²) in [4.78, 5) is 25.0. The van der Waals surface area contributed by atoms with E-state index in [2.05, 4.69) is 9.97 Å². The van der Waals surface area contributed by atoms with E-state index in [1.165, 1.54) is 6.20 Å². The highest BCUT2D eigenvalue weighted by Gasteiger charge is 2.09. The zero-order valence-electron chi connectivity index (χ0n) is 4.77. The van der Waals surface area contributed by atoms with Crippen molar-refractivity contribution in [3.63, 3.8) is 0 Å². The van der Waals surface area contributed by atoms with Crippen LogP contribution >= 0.6 is 0 Å². The van der Waals surface area contributed by atoms with E-state index in [0.717, 1.165) is 6.20 Å². The van der Waals surface area contributed by atoms with E-state index in [1.807, 2.05) is 0 Å². The number of nitro groups is 1. The van der Waals surface area contributed by atoms with E-state index >= 15 is 0 Å². The SMILES string of the molecule is O=c1[nH]ccnc1[N+](=O)[O-]. The first kappa shape index (κ1) is 6.40. The number of hydrogen-bond acceptors (Lipinski definition) is 4. The number of nitrogens with zero attached hydrogens (tertiary/aromatic N) is 2. The van der Waals surface area contributed by atoms with Crippen molar-refractivity contribution in [3.05, 3.63) is 32.9 Å². The fraction of sp³-hybridized carbons (Fsp3) is 0. The first-order valence-electron chi connectivity index (χ1n) is 2.40. The van der Waals surface area contributed by atoms with Crippen molar-refractivity contribution in [1.29, 1.82) is 0 Å². The molecule has 6 nitrogen and oxygen atoms in total. The molecule has 0 saturated heterocycles. The number of H-pyrrole nitrogens is 1. The largest absolute Gasteiger partial charge is 0.429 e. The zero-order valence-corrected chi connectivity index (χ0v) is 4.77. The van der Waals surface area contributed by atoms with Crippen LogP contribution in [0, 0.1) is 10.1 Å². The smallest absolute Gasteiger partial charge is 0.358 e. The van der Waals surface area contributed by atoms with E-state index in [4.69, 9.17) is 0 Å². The topological polar surface area (TPSA) is 88.9 Å². The molecule has 0 aliphatic carbocycles. The van der Waals surface area contributed by atoms with Crippen molar-refractivity contribution < 1.29 is 4.92 Å². The van der Waals surface area contributed by atoms with Crippen LogP contribution in [0.1, 0.15) is 0 Å². The summed E-state index contributed by atoms with van der Waals surface area (Å²) in [6, 6.07) is 0. The van der Waals surface area contributed by atoms with Crippen molar-refractivity contribution in [2.24, 2.45) is 0 Å². The van der Waals surface area contributed by atoms with Gasteiger partial charge >= 0.3 is 11.4 Å². The molecule has 1 aromatic rings. The lowest BCUT2D eigenvalue weighted by molar-refractivity contribution is -0.391. The first-order valence-corrected chi connectivity index (χ1v) is 2.40. The molecular weight excluding hydrogens is 138 g/mol. The predicted octanol–water partition coefficient (Wildman–Crippen LogP) is -0.322. The van der Waals surface area contributed by atoms with Crippen LogP contribution in [0.3, 0.4) is 0 Å². The number of aromatic nitrogens is 2. The summed E-state index contributed by atoms with van der Waals surface area (Å²) in [5, 5.41) is 9.94. The molecule has 52 valence electrons. The summed E-state index contributed by atoms with van der Waals surface area (Å²) in [5.41, 5.74) is -0.785. The minimum atomic E-state index is -0.834. The van der Waals surface area contributed by atoms with E-state index < -0.39 is 16.3 Å². The average Bonchev–Trinajstić information content (AvgIpc) is 1.88. The number of rotatable bonds is 1. The molecule has 0 spiro atoms. The van der Waals surface area contributed by atoms with Gasteiger partial charge in [-0.05, 0) is 9.91 Å². The second-order valence-electron chi connectivity index (χ2n) is 1.50. The van der Waals surface area contributed by atoms with Gasteiger partial charge in [0.1, 0.15) is 0 Å². The molecule has 1 aromatic heterocycles. The lowest BCUT2D eigenvalue weighted by atomic mass is 10.7. The Bertz CT molecular complexity index is 305. The van der Waals surface area contributed by atoms with Crippen LogP contribution in [0.25, 0.3) is 0 Å². The summed E-state index contributed by atoms with van der Waals surface area (Å²) in [5.74, 6) is -0.678. The maximum Gasteiger partial charge on any atom is 0.429 e. The quantitative estimate of drug-likeness (QED) is 0.428. The Morgan fingerprint density at radius 1 is 1.70 bits per heavy atom. The lowest BCUT2D eigenvalue weighted by Gasteiger charge is -1.86. The molecule has 0 atom stereocenters. The van der Waals surface area contributed by atoms with Crippen molar-refractivity contribution in [2.45, 2.75) is 0 Å². The van der Waals surface area contributed by atoms with Crippen LogP contribution in [0.2, 0.25) is 0 Å². The molecule has 1 rings (SSSR count). The number of hydrogen-bond donors (Lipinski definition) is 1. The van der Waals surface area contributed by atoms with Gasteiger partial charge in [-0.15, -0.1) is 0 Å². The molecule has 0 aliphatic rings. The molecule has 0 amide bonds. The Labute approximate surface area is 54.7 Å². The highest BCUT2D eigenvalue weighted by molar-refractivity contribution is 5.10. The third-order valence-electron chi connectivity index (χ3n) is 0.862. The molecule has 0 fully saturated rings. The molecule has 0 unspecified atom stereocenters. The Balaban J connectivity index is 3.29. The molecule has 0 bridgehead atoms. The van der Waals surface area contributed by atoms with Crippen molar-refractivity contribution in [1.82, 2.24) is 9.97 Å². The average molecular weight is 141 g/mol. The summed E-state index contributed by atoms with van der Waals surface area (Å²) in [6.07, 6.45) is 2.38. The summed E-state index contributed by atoms with van der Waals surface area (Å²) in [6.45, 7) is 0. The second-order valence-corrected chi connectivity index (χ2v) is 1.50. The molecule has 0 saturated carbocycles. The van der Waals surface area contributed by atoms with Gasteiger partial charge in [-0.25, -0.2) is 0 Å². The molecule has 0 radical (unpaired) electrons. The van der Waals surface area contributed by atoms with Gasteiger partial charge in [0.15, 0.2) is 6.20 Å². The Kier molecular flexibility index (Phi) is 1.44. The van der Waals surface area contributed by atoms with Gasteiger partial charge in [0.2, 0.25) is 0 Å². The van der Waals surface area contributed by atoms with Gasteiger partial charge in [0.25, 0.3) is 0 Å². The van der Waals surface area contributed by atoms with Crippen LogP contribution in [0.15, 0.2) is 17.2 Å². The Morgan fingerprint density at radius 2 is 2.40 bits per heavy atom. The van der Waals surface area contributed by atoms with Gasteiger partial charge in [-0.2, -0.15) is 0 Å². The van der Waals surface area contributed by atoms with E-state index in [9.17, 15) is 14.9 Å². The molecule has 1 N–H and O–H groups in total. The molecule has 0 aliphatic heterocycles. The van der Waals surface area contributed by atoms with Crippen LogP contribution in [-0.4, -0.2) is 14.9 Å². The second kappa shape index (κ2) is 2.26. The number of aromatic amines is 1. The fourth-order valence-electron chi connectivity index (χ4n) is 0.474. The van der Waals surface area contributed by atoms with Gasteiger partial charge in [0, 0.05) is 6.20 Å². The zero-order chi connectivity index (χ0) is 7.56. The van der Waals surface area contributed by atoms with Crippen molar-refractivity contribution >= 4 is 5.82 Å². The number of nitrogens with one attached hydrogen (secondary N) is 1. The molecule has 1 heterocycles. The normalized spacial score (nSPS) is 9.20. The Morgan fingerprint density at radius 3 is 2.80 bits per heavy atom. The van der Waals surface area contributed by atoms with E-state index in [1.54, 1.807) is 0 Å². The van der Waals surface area contributed by atoms with Crippen LogP contribution in [-0.2, 0) is 0 Å². The highest BCUT2D eigenvalue weighted by atomic mass is 16.6. The Hall–Kier alpha value is -1.72. The van der Waals surface area contributed by atoms with Gasteiger partial charge in [0.05, 0.1) is 0 Å². The molecule has 0 aromatic carbocycles. The fourth-order valence-corrected chi connectivity index (χ4v) is 0.474. The third-order valence-corrected chi connectivity index (χ3v) is 0.862. The van der Waals surface area contributed by atoms with Crippen molar-refractivity contribution in [3.8, 4) is 0 Å². The summed E-state index contributed by atoms with van der Waals surface area (Å²) in [7, 11) is 0. The molecule has 10 heavy (non-hydrogen) atoms. The van der Waals surface area contributed by atoms with Gasteiger partial charge < -0.3 is 15.1 Å². The summed E-state index contributed by atoms with van der Waals surface area (Å²) >= 11 is 0. The standard InChI is InChI=1S/C4H3N3O3/c8-4-3(7(9)10)5-1-2-6-4/h1-2H,(H,6,8). The van der Waals surface area contributed by atoms with E-state index in [-0.39, 0.29) is 0 Å². The molecular formula is C4H3N3O3. The van der Waals surface area contributed by atoms with E-state index in [0.29, 0.717) is 0 Å². The first-order chi connectivity index (χ1) is 4.72. The maximum atomic E-state index is 10.5. The third kappa shape index (κ3) is 0.993. The lowest BCUT2D eigenvalue weighted by Crippen LogP contribution is -2.11. The minimum Gasteiger partial charge on any atom is -0.358 e. The van der Waals surface area contributed by atoms with Crippen molar-refractivity contribution in [2.75, 3.05) is 0 Å². The minimum absolute atomic E-state index is 0.678. The highest BCUT2D eigenvalue weighted by Crippen LogP contribution is 1.91. The monoisotopic (exact) mass is 141 g/mol. The van der Waals surface area contributed by atoms with Gasteiger partial charge in [-0.1, -0.05) is 0 Å². The predicted molar refractivity (Wildman–Crippen MR) is 31.5 cm³/mol.